The van der Waals surface area contributed by atoms with Crippen molar-refractivity contribution in [3.63, 3.8) is 0 Å². The number of fused-ring (bicyclic) bond motifs is 1. The van der Waals surface area contributed by atoms with Gasteiger partial charge in [-0.05, 0) is 25.1 Å². The van der Waals surface area contributed by atoms with E-state index in [0.29, 0.717) is 5.02 Å². The van der Waals surface area contributed by atoms with Crippen LogP contribution in [-0.2, 0) is 5.41 Å². The van der Waals surface area contributed by atoms with Gasteiger partial charge in [0, 0.05) is 33.3 Å². The molecule has 0 aliphatic heterocycles. The number of aryl methyl sites for hydroxylation is 1. The van der Waals surface area contributed by atoms with E-state index in [1.807, 2.05) is 35.0 Å². The van der Waals surface area contributed by atoms with E-state index in [9.17, 15) is 0 Å². The van der Waals surface area contributed by atoms with Crippen LogP contribution in [0, 0.1) is 6.92 Å². The lowest BCUT2D eigenvalue weighted by atomic mass is 9.92. The highest BCUT2D eigenvalue weighted by molar-refractivity contribution is 6.33. The number of nitrogens with zero attached hydrogens (tertiary/aromatic N) is 3. The molecule has 0 fully saturated rings. The van der Waals surface area contributed by atoms with Crippen LogP contribution in [0.1, 0.15) is 32.0 Å². The van der Waals surface area contributed by atoms with Crippen molar-refractivity contribution in [1.82, 2.24) is 14.6 Å². The Hall–Kier alpha value is -2.85. The maximum absolute atomic E-state index is 6.45. The molecule has 0 radical (unpaired) electrons. The highest BCUT2D eigenvalue weighted by Crippen LogP contribution is 2.33. The summed E-state index contributed by atoms with van der Waals surface area (Å²) >= 11 is 6.45. The van der Waals surface area contributed by atoms with Gasteiger partial charge in [-0.15, -0.1) is 0 Å². The molecule has 0 spiro atoms. The van der Waals surface area contributed by atoms with Crippen LogP contribution in [0.15, 0.2) is 60.8 Å². The van der Waals surface area contributed by atoms with Crippen LogP contribution in [0.4, 0.5) is 11.5 Å². The Morgan fingerprint density at radius 3 is 2.36 bits per heavy atom. The number of nitrogens with one attached hydrogen (secondary N) is 1. The predicted octanol–water partition coefficient (Wildman–Crippen LogP) is 6.40. The minimum absolute atomic E-state index is 0.104. The van der Waals surface area contributed by atoms with Gasteiger partial charge in [0.1, 0.15) is 5.82 Å². The Morgan fingerprint density at radius 1 is 0.964 bits per heavy atom. The summed E-state index contributed by atoms with van der Waals surface area (Å²) in [4.78, 5) is 4.94. The minimum Gasteiger partial charge on any atom is -0.340 e. The SMILES string of the molecule is Cc1ccc(Nc2cc(C(C)(C)C)nc3c(-c4ccccc4Cl)cnn23)cc1. The largest absolute Gasteiger partial charge is 0.340 e. The van der Waals surface area contributed by atoms with Gasteiger partial charge >= 0.3 is 0 Å². The number of benzene rings is 2. The predicted molar refractivity (Wildman–Crippen MR) is 117 cm³/mol. The maximum Gasteiger partial charge on any atom is 0.165 e. The molecule has 2 aromatic heterocycles. The average molecular weight is 391 g/mol. The summed E-state index contributed by atoms with van der Waals surface area (Å²) in [6.07, 6.45) is 1.83. The quantitative estimate of drug-likeness (QED) is 0.440. The summed E-state index contributed by atoms with van der Waals surface area (Å²) in [6.45, 7) is 8.56. The maximum atomic E-state index is 6.45. The molecule has 0 amide bonds. The second kappa shape index (κ2) is 6.95. The number of anilines is 2. The van der Waals surface area contributed by atoms with Gasteiger partial charge in [-0.3, -0.25) is 0 Å². The van der Waals surface area contributed by atoms with Crippen molar-refractivity contribution in [1.29, 1.82) is 0 Å². The fourth-order valence-electron chi connectivity index (χ4n) is 3.09. The summed E-state index contributed by atoms with van der Waals surface area (Å²) < 4.78 is 1.84. The molecule has 0 saturated carbocycles. The molecule has 0 unspecified atom stereocenters. The van der Waals surface area contributed by atoms with Gasteiger partial charge in [0.25, 0.3) is 0 Å². The zero-order chi connectivity index (χ0) is 19.9. The van der Waals surface area contributed by atoms with Crippen molar-refractivity contribution in [2.24, 2.45) is 0 Å². The summed E-state index contributed by atoms with van der Waals surface area (Å²) in [7, 11) is 0. The summed E-state index contributed by atoms with van der Waals surface area (Å²) in [6, 6.07) is 18.2. The van der Waals surface area contributed by atoms with Crippen molar-refractivity contribution in [3.8, 4) is 11.1 Å². The Kier molecular flexibility index (Phi) is 4.60. The molecular formula is C23H23ClN4. The Morgan fingerprint density at radius 2 is 1.68 bits per heavy atom. The third kappa shape index (κ3) is 3.48. The highest BCUT2D eigenvalue weighted by atomic mass is 35.5. The first-order valence-electron chi connectivity index (χ1n) is 9.31. The summed E-state index contributed by atoms with van der Waals surface area (Å²) in [5.41, 5.74) is 5.75. The van der Waals surface area contributed by atoms with Crippen molar-refractivity contribution < 1.29 is 0 Å². The first kappa shape index (κ1) is 18.5. The van der Waals surface area contributed by atoms with E-state index < -0.39 is 0 Å². The molecule has 0 saturated heterocycles. The molecule has 1 N–H and O–H groups in total. The van der Waals surface area contributed by atoms with Crippen LogP contribution in [0.2, 0.25) is 5.02 Å². The van der Waals surface area contributed by atoms with E-state index in [1.165, 1.54) is 5.56 Å². The van der Waals surface area contributed by atoms with Gasteiger partial charge in [0.15, 0.2) is 5.65 Å². The number of rotatable bonds is 3. The molecule has 0 aliphatic carbocycles. The van der Waals surface area contributed by atoms with Crippen LogP contribution in [0.3, 0.4) is 0 Å². The van der Waals surface area contributed by atoms with Crippen molar-refractivity contribution >= 4 is 28.8 Å². The molecule has 142 valence electrons. The molecule has 0 aliphatic rings. The smallest absolute Gasteiger partial charge is 0.165 e. The first-order valence-corrected chi connectivity index (χ1v) is 9.68. The van der Waals surface area contributed by atoms with Crippen LogP contribution in [0.25, 0.3) is 16.8 Å². The fraction of sp³-hybridized carbons (Fsp3) is 0.217. The van der Waals surface area contributed by atoms with E-state index in [-0.39, 0.29) is 5.41 Å². The Labute approximate surface area is 170 Å². The number of hydrogen-bond acceptors (Lipinski definition) is 3. The lowest BCUT2D eigenvalue weighted by molar-refractivity contribution is 0.569. The van der Waals surface area contributed by atoms with Gasteiger partial charge in [0.05, 0.1) is 11.9 Å². The fourth-order valence-corrected chi connectivity index (χ4v) is 3.33. The average Bonchev–Trinajstić information content (AvgIpc) is 3.07. The second-order valence-corrected chi connectivity index (χ2v) is 8.45. The second-order valence-electron chi connectivity index (χ2n) is 8.04. The molecular weight excluding hydrogens is 368 g/mol. The number of hydrogen-bond donors (Lipinski definition) is 1. The van der Waals surface area contributed by atoms with E-state index in [4.69, 9.17) is 16.6 Å². The van der Waals surface area contributed by atoms with Gasteiger partial charge in [0.2, 0.25) is 0 Å². The molecule has 5 heteroatoms. The van der Waals surface area contributed by atoms with Crippen molar-refractivity contribution in [2.75, 3.05) is 5.32 Å². The van der Waals surface area contributed by atoms with E-state index >= 15 is 0 Å². The molecule has 28 heavy (non-hydrogen) atoms. The molecule has 2 heterocycles. The topological polar surface area (TPSA) is 42.2 Å². The number of aromatic nitrogens is 3. The van der Waals surface area contributed by atoms with E-state index in [2.05, 4.69) is 68.4 Å². The minimum atomic E-state index is -0.104. The molecule has 4 aromatic rings. The van der Waals surface area contributed by atoms with Gasteiger partial charge in [-0.25, -0.2) is 4.98 Å². The molecule has 4 rings (SSSR count). The normalized spacial score (nSPS) is 11.8. The molecule has 2 aromatic carbocycles. The number of halogens is 1. The monoisotopic (exact) mass is 390 g/mol. The third-order valence-electron chi connectivity index (χ3n) is 4.73. The van der Waals surface area contributed by atoms with Gasteiger partial charge in [-0.2, -0.15) is 9.61 Å². The molecule has 0 bridgehead atoms. The standard InChI is InChI=1S/C23H23ClN4/c1-15-9-11-16(12-10-15)26-21-13-20(23(2,3)4)27-22-18(14-25-28(21)22)17-7-5-6-8-19(17)24/h5-14,26H,1-4H3. The lowest BCUT2D eigenvalue weighted by Gasteiger charge is -2.20. The van der Waals surface area contributed by atoms with Gasteiger partial charge in [-0.1, -0.05) is 68.3 Å². The Bertz CT molecular complexity index is 1140. The van der Waals surface area contributed by atoms with Crippen LogP contribution < -0.4 is 5.32 Å². The zero-order valence-electron chi connectivity index (χ0n) is 16.5. The third-order valence-corrected chi connectivity index (χ3v) is 5.06. The van der Waals surface area contributed by atoms with Crippen LogP contribution >= 0.6 is 11.6 Å². The van der Waals surface area contributed by atoms with Gasteiger partial charge < -0.3 is 5.32 Å². The van der Waals surface area contributed by atoms with Crippen molar-refractivity contribution in [3.05, 3.63) is 77.1 Å². The molecule has 4 nitrogen and oxygen atoms in total. The Balaban J connectivity index is 1.92. The summed E-state index contributed by atoms with van der Waals surface area (Å²) in [5, 5.41) is 8.79. The first-order chi connectivity index (χ1) is 13.3. The van der Waals surface area contributed by atoms with Crippen LogP contribution in [0.5, 0.6) is 0 Å². The highest BCUT2D eigenvalue weighted by Gasteiger charge is 2.21. The van der Waals surface area contributed by atoms with E-state index in [1.54, 1.807) is 0 Å². The zero-order valence-corrected chi connectivity index (χ0v) is 17.2. The van der Waals surface area contributed by atoms with Crippen LogP contribution in [-0.4, -0.2) is 14.6 Å². The van der Waals surface area contributed by atoms with Crippen molar-refractivity contribution in [2.45, 2.75) is 33.1 Å². The lowest BCUT2D eigenvalue weighted by Crippen LogP contribution is -2.16. The molecule has 0 atom stereocenters. The van der Waals surface area contributed by atoms with E-state index in [0.717, 1.165) is 34.0 Å². The summed E-state index contributed by atoms with van der Waals surface area (Å²) in [5.74, 6) is 0.872.